The second-order valence-corrected chi connectivity index (χ2v) is 8.75. The van der Waals surface area contributed by atoms with Gasteiger partial charge in [0.05, 0.1) is 40.3 Å². The van der Waals surface area contributed by atoms with Crippen LogP contribution in [0.25, 0.3) is 22.3 Å². The summed E-state index contributed by atoms with van der Waals surface area (Å²) in [5.41, 5.74) is 4.82. The van der Waals surface area contributed by atoms with Gasteiger partial charge in [-0.15, -0.1) is 0 Å². The van der Waals surface area contributed by atoms with Crippen LogP contribution in [0.5, 0.6) is 0 Å². The van der Waals surface area contributed by atoms with Crippen LogP contribution in [0.2, 0.25) is 0 Å². The van der Waals surface area contributed by atoms with Crippen LogP contribution >= 0.6 is 0 Å². The average molecular weight is 453 g/mol. The fourth-order valence-electron chi connectivity index (χ4n) is 4.93. The normalized spacial score (nSPS) is 18.8. The minimum atomic E-state index is -0.849. The molecule has 3 aromatic heterocycles. The standard InChI is InChI=1S/C25H26F2N4O2/c1-14-25(15(2)33-30-14)22-12-21-23(13-28-22)31(17-5-7-18(32-3)8-6-17)24(29-21)11-16-4-9-19(26)20(27)10-16/h4,9-10,12-13,17-18H,5-8,11H2,1-3H3. The van der Waals surface area contributed by atoms with E-state index >= 15 is 0 Å². The van der Waals surface area contributed by atoms with Gasteiger partial charge in [-0.1, -0.05) is 11.2 Å². The highest BCUT2D eigenvalue weighted by Crippen LogP contribution is 2.35. The Hall–Kier alpha value is -3.13. The zero-order chi connectivity index (χ0) is 23.1. The molecule has 5 rings (SSSR count). The molecule has 0 unspecified atom stereocenters. The molecule has 0 atom stereocenters. The van der Waals surface area contributed by atoms with Crippen LogP contribution in [0.1, 0.15) is 54.6 Å². The second-order valence-electron chi connectivity index (χ2n) is 8.75. The summed E-state index contributed by atoms with van der Waals surface area (Å²) in [5, 5.41) is 4.04. The van der Waals surface area contributed by atoms with E-state index in [0.717, 1.165) is 59.5 Å². The Kier molecular flexibility index (Phi) is 5.70. The van der Waals surface area contributed by atoms with Gasteiger partial charge >= 0.3 is 0 Å². The number of nitrogens with zero attached hydrogens (tertiary/aromatic N) is 4. The SMILES string of the molecule is COC1CCC(n2c(Cc3ccc(F)c(F)c3)nc3cc(-c4c(C)noc4C)ncc32)CC1. The lowest BCUT2D eigenvalue weighted by Crippen LogP contribution is -2.24. The zero-order valence-corrected chi connectivity index (χ0v) is 18.9. The van der Waals surface area contributed by atoms with Gasteiger partial charge in [0.15, 0.2) is 11.6 Å². The number of hydrogen-bond acceptors (Lipinski definition) is 5. The van der Waals surface area contributed by atoms with Crippen molar-refractivity contribution in [1.29, 1.82) is 0 Å². The summed E-state index contributed by atoms with van der Waals surface area (Å²) in [5.74, 6) is -0.176. The lowest BCUT2D eigenvalue weighted by molar-refractivity contribution is 0.0586. The van der Waals surface area contributed by atoms with Crippen molar-refractivity contribution < 1.29 is 18.0 Å². The van der Waals surface area contributed by atoms with Crippen molar-refractivity contribution in [3.05, 3.63) is 64.9 Å². The van der Waals surface area contributed by atoms with Crippen molar-refractivity contribution in [3.8, 4) is 11.3 Å². The minimum absolute atomic E-state index is 0.244. The molecule has 0 radical (unpaired) electrons. The average Bonchev–Trinajstić information content (AvgIpc) is 3.34. The van der Waals surface area contributed by atoms with E-state index in [4.69, 9.17) is 19.2 Å². The molecule has 0 bridgehead atoms. The molecule has 1 saturated carbocycles. The summed E-state index contributed by atoms with van der Waals surface area (Å²) < 4.78 is 40.4. The van der Waals surface area contributed by atoms with Gasteiger partial charge in [-0.25, -0.2) is 13.8 Å². The number of pyridine rings is 1. The molecule has 4 aromatic rings. The van der Waals surface area contributed by atoms with E-state index in [0.29, 0.717) is 17.7 Å². The first-order chi connectivity index (χ1) is 15.9. The molecule has 0 spiro atoms. The molecule has 1 fully saturated rings. The van der Waals surface area contributed by atoms with Crippen molar-refractivity contribution in [2.24, 2.45) is 0 Å². The van der Waals surface area contributed by atoms with Gasteiger partial charge in [0.2, 0.25) is 0 Å². The third kappa shape index (κ3) is 4.04. The topological polar surface area (TPSA) is 66.0 Å². The van der Waals surface area contributed by atoms with Crippen LogP contribution in [-0.4, -0.2) is 32.9 Å². The van der Waals surface area contributed by atoms with Crippen LogP contribution in [0.3, 0.4) is 0 Å². The van der Waals surface area contributed by atoms with Gasteiger partial charge in [-0.3, -0.25) is 4.98 Å². The number of rotatable bonds is 5. The Labute approximate surface area is 190 Å². The Morgan fingerprint density at radius 1 is 1.09 bits per heavy atom. The first-order valence-corrected chi connectivity index (χ1v) is 11.2. The predicted molar refractivity (Wildman–Crippen MR) is 120 cm³/mol. The molecule has 0 aliphatic heterocycles. The van der Waals surface area contributed by atoms with Gasteiger partial charge in [0.1, 0.15) is 11.6 Å². The van der Waals surface area contributed by atoms with Crippen LogP contribution in [0, 0.1) is 25.5 Å². The number of aromatic nitrogens is 4. The zero-order valence-electron chi connectivity index (χ0n) is 18.9. The van der Waals surface area contributed by atoms with Crippen molar-refractivity contribution >= 4 is 11.0 Å². The third-order valence-electron chi connectivity index (χ3n) is 6.63. The highest BCUT2D eigenvalue weighted by molar-refractivity contribution is 5.81. The number of benzene rings is 1. The fourth-order valence-corrected chi connectivity index (χ4v) is 4.93. The highest BCUT2D eigenvalue weighted by Gasteiger charge is 2.26. The van der Waals surface area contributed by atoms with E-state index in [1.807, 2.05) is 26.1 Å². The van der Waals surface area contributed by atoms with Crippen molar-refractivity contribution in [1.82, 2.24) is 19.7 Å². The highest BCUT2D eigenvalue weighted by atomic mass is 19.2. The first kappa shape index (κ1) is 21.7. The first-order valence-electron chi connectivity index (χ1n) is 11.2. The fraction of sp³-hybridized carbons (Fsp3) is 0.400. The van der Waals surface area contributed by atoms with Crippen molar-refractivity contribution in [3.63, 3.8) is 0 Å². The summed E-state index contributed by atoms with van der Waals surface area (Å²) in [7, 11) is 1.76. The number of methoxy groups -OCH3 is 1. The Morgan fingerprint density at radius 2 is 1.88 bits per heavy atom. The Morgan fingerprint density at radius 3 is 2.55 bits per heavy atom. The molecule has 1 aliphatic carbocycles. The number of imidazole rings is 1. The maximum absolute atomic E-state index is 13.9. The van der Waals surface area contributed by atoms with Crippen LogP contribution in [-0.2, 0) is 11.2 Å². The summed E-state index contributed by atoms with van der Waals surface area (Å²) in [4.78, 5) is 9.64. The molecule has 33 heavy (non-hydrogen) atoms. The monoisotopic (exact) mass is 452 g/mol. The lowest BCUT2D eigenvalue weighted by atomic mass is 9.92. The molecular weight excluding hydrogens is 426 g/mol. The van der Waals surface area contributed by atoms with E-state index in [2.05, 4.69) is 9.72 Å². The van der Waals surface area contributed by atoms with Gasteiger partial charge in [-0.05, 0) is 63.3 Å². The maximum Gasteiger partial charge on any atom is 0.159 e. The molecule has 172 valence electrons. The summed E-state index contributed by atoms with van der Waals surface area (Å²) in [6.45, 7) is 3.75. The molecule has 1 aromatic carbocycles. The van der Waals surface area contributed by atoms with E-state index in [-0.39, 0.29) is 12.1 Å². The predicted octanol–water partition coefficient (Wildman–Crippen LogP) is 5.70. The van der Waals surface area contributed by atoms with Crippen molar-refractivity contribution in [2.75, 3.05) is 7.11 Å². The molecule has 0 saturated heterocycles. The Bertz CT molecular complexity index is 1290. The van der Waals surface area contributed by atoms with E-state index < -0.39 is 11.6 Å². The van der Waals surface area contributed by atoms with Gasteiger partial charge in [-0.2, -0.15) is 0 Å². The molecule has 0 amide bonds. The lowest BCUT2D eigenvalue weighted by Gasteiger charge is -2.30. The molecule has 0 N–H and O–H groups in total. The molecule has 6 nitrogen and oxygen atoms in total. The maximum atomic E-state index is 13.9. The smallest absolute Gasteiger partial charge is 0.159 e. The minimum Gasteiger partial charge on any atom is -0.381 e. The van der Waals surface area contributed by atoms with Crippen molar-refractivity contribution in [2.45, 2.75) is 58.1 Å². The Balaban J connectivity index is 1.59. The van der Waals surface area contributed by atoms with E-state index in [9.17, 15) is 8.78 Å². The second kappa shape index (κ2) is 8.67. The van der Waals surface area contributed by atoms with Crippen LogP contribution < -0.4 is 0 Å². The quantitative estimate of drug-likeness (QED) is 0.388. The number of hydrogen-bond donors (Lipinski definition) is 0. The number of aryl methyl sites for hydroxylation is 2. The number of ether oxygens (including phenoxy) is 1. The van der Waals surface area contributed by atoms with Gasteiger partial charge in [0.25, 0.3) is 0 Å². The third-order valence-corrected chi connectivity index (χ3v) is 6.63. The van der Waals surface area contributed by atoms with Gasteiger partial charge in [0, 0.05) is 19.6 Å². The van der Waals surface area contributed by atoms with E-state index in [1.54, 1.807) is 13.2 Å². The molecule has 3 heterocycles. The summed E-state index contributed by atoms with van der Waals surface area (Å²) in [6, 6.07) is 6.21. The molecule has 1 aliphatic rings. The van der Waals surface area contributed by atoms with E-state index in [1.165, 1.54) is 12.1 Å². The van der Waals surface area contributed by atoms with Crippen LogP contribution in [0.15, 0.2) is 35.0 Å². The molecule has 8 heteroatoms. The van der Waals surface area contributed by atoms with Crippen LogP contribution in [0.4, 0.5) is 8.78 Å². The number of halogens is 2. The number of fused-ring (bicyclic) bond motifs is 1. The van der Waals surface area contributed by atoms with Gasteiger partial charge < -0.3 is 13.8 Å². The summed E-state index contributed by atoms with van der Waals surface area (Å²) in [6.07, 6.45) is 6.37. The molecular formula is C25H26F2N4O2. The largest absolute Gasteiger partial charge is 0.381 e. The summed E-state index contributed by atoms with van der Waals surface area (Å²) >= 11 is 0.